The smallest absolute Gasteiger partial charge is 0.125 e. The third-order valence-corrected chi connectivity index (χ3v) is 4.33. The molecule has 0 radical (unpaired) electrons. The number of ether oxygens (including phenoxy) is 2. The highest BCUT2D eigenvalue weighted by atomic mass is 79.9. The predicted octanol–water partition coefficient (Wildman–Crippen LogP) is 4.10. The predicted molar refractivity (Wildman–Crippen MR) is 75.1 cm³/mol. The van der Waals surface area contributed by atoms with Gasteiger partial charge >= 0.3 is 0 Å². The van der Waals surface area contributed by atoms with E-state index in [9.17, 15) is 0 Å². The van der Waals surface area contributed by atoms with Gasteiger partial charge in [0.2, 0.25) is 0 Å². The Labute approximate surface area is 112 Å². The second-order valence-corrected chi connectivity index (χ2v) is 4.98. The van der Waals surface area contributed by atoms with Crippen LogP contribution in [-0.2, 0) is 4.74 Å². The first-order valence-corrected chi connectivity index (χ1v) is 6.76. The van der Waals surface area contributed by atoms with Crippen LogP contribution in [0.3, 0.4) is 0 Å². The van der Waals surface area contributed by atoms with Crippen molar-refractivity contribution in [2.75, 3.05) is 19.8 Å². The molecule has 0 aromatic heterocycles. The fraction of sp³-hybridized carbons (Fsp3) is 0.571. The molecule has 0 fully saturated rings. The van der Waals surface area contributed by atoms with Gasteiger partial charge in [-0.3, -0.25) is 0 Å². The Balaban J connectivity index is 2.92. The van der Waals surface area contributed by atoms with Gasteiger partial charge in [0.15, 0.2) is 0 Å². The first-order valence-electron chi connectivity index (χ1n) is 5.97. The summed E-state index contributed by atoms with van der Waals surface area (Å²) in [7, 11) is 0. The van der Waals surface area contributed by atoms with E-state index in [1.165, 1.54) is 26.7 Å². The van der Waals surface area contributed by atoms with Crippen LogP contribution in [0.15, 0.2) is 4.47 Å². The van der Waals surface area contributed by atoms with Crippen molar-refractivity contribution in [3.63, 3.8) is 0 Å². The van der Waals surface area contributed by atoms with E-state index in [4.69, 9.17) is 9.47 Å². The number of hydrogen-bond acceptors (Lipinski definition) is 2. The molecule has 0 heterocycles. The zero-order valence-corrected chi connectivity index (χ0v) is 12.9. The van der Waals surface area contributed by atoms with Gasteiger partial charge < -0.3 is 9.47 Å². The standard InChI is InChI=1S/C14H21BrO2/c1-6-16-7-8-17-14-11(4)9(2)13(15)10(3)12(14)5/h6-8H2,1-5H3. The lowest BCUT2D eigenvalue weighted by Gasteiger charge is -2.18. The monoisotopic (exact) mass is 300 g/mol. The second-order valence-electron chi connectivity index (χ2n) is 4.19. The summed E-state index contributed by atoms with van der Waals surface area (Å²) < 4.78 is 12.3. The molecule has 0 spiro atoms. The fourth-order valence-corrected chi connectivity index (χ4v) is 2.39. The molecule has 0 saturated heterocycles. The van der Waals surface area contributed by atoms with Gasteiger partial charge in [0, 0.05) is 11.1 Å². The van der Waals surface area contributed by atoms with Crippen LogP contribution < -0.4 is 4.74 Å². The zero-order valence-electron chi connectivity index (χ0n) is 11.3. The molecule has 0 aliphatic rings. The van der Waals surface area contributed by atoms with Crippen LogP contribution in [0.4, 0.5) is 0 Å². The normalized spacial score (nSPS) is 10.7. The molecular formula is C14H21BrO2. The lowest BCUT2D eigenvalue weighted by Crippen LogP contribution is -2.09. The molecule has 0 bridgehead atoms. The van der Waals surface area contributed by atoms with Gasteiger partial charge in [-0.2, -0.15) is 0 Å². The SMILES string of the molecule is CCOCCOc1c(C)c(C)c(Br)c(C)c1C. The van der Waals surface area contributed by atoms with Gasteiger partial charge in [-0.25, -0.2) is 0 Å². The maximum atomic E-state index is 5.84. The van der Waals surface area contributed by atoms with Crippen LogP contribution >= 0.6 is 15.9 Å². The van der Waals surface area contributed by atoms with Crippen LogP contribution in [-0.4, -0.2) is 19.8 Å². The van der Waals surface area contributed by atoms with Gasteiger partial charge in [-0.05, 0) is 56.9 Å². The molecule has 0 N–H and O–H groups in total. The molecule has 1 rings (SSSR count). The van der Waals surface area contributed by atoms with Crippen molar-refractivity contribution in [1.29, 1.82) is 0 Å². The number of hydrogen-bond donors (Lipinski definition) is 0. The van der Waals surface area contributed by atoms with Gasteiger partial charge in [0.1, 0.15) is 12.4 Å². The van der Waals surface area contributed by atoms with Crippen molar-refractivity contribution in [2.45, 2.75) is 34.6 Å². The Morgan fingerprint density at radius 3 is 1.88 bits per heavy atom. The summed E-state index contributed by atoms with van der Waals surface area (Å²) in [6, 6.07) is 0. The lowest BCUT2D eigenvalue weighted by atomic mass is 10.00. The van der Waals surface area contributed by atoms with Crippen molar-refractivity contribution in [3.05, 3.63) is 26.7 Å². The third-order valence-electron chi connectivity index (χ3n) is 3.14. The Morgan fingerprint density at radius 2 is 1.41 bits per heavy atom. The maximum Gasteiger partial charge on any atom is 0.125 e. The molecule has 0 atom stereocenters. The first-order chi connectivity index (χ1) is 8.00. The van der Waals surface area contributed by atoms with E-state index < -0.39 is 0 Å². The quantitative estimate of drug-likeness (QED) is 0.762. The average molecular weight is 301 g/mol. The number of rotatable bonds is 5. The van der Waals surface area contributed by atoms with Crippen LogP contribution in [0.2, 0.25) is 0 Å². The Kier molecular flexibility index (Phi) is 5.47. The van der Waals surface area contributed by atoms with Gasteiger partial charge in [-0.15, -0.1) is 0 Å². The van der Waals surface area contributed by atoms with Crippen molar-refractivity contribution in [3.8, 4) is 5.75 Å². The van der Waals surface area contributed by atoms with Crippen LogP contribution in [0, 0.1) is 27.7 Å². The van der Waals surface area contributed by atoms with Crippen molar-refractivity contribution in [2.24, 2.45) is 0 Å². The van der Waals surface area contributed by atoms with E-state index in [-0.39, 0.29) is 0 Å². The Morgan fingerprint density at radius 1 is 0.882 bits per heavy atom. The van der Waals surface area contributed by atoms with E-state index in [1.807, 2.05) is 6.92 Å². The van der Waals surface area contributed by atoms with Crippen molar-refractivity contribution >= 4 is 15.9 Å². The summed E-state index contributed by atoms with van der Waals surface area (Å²) in [4.78, 5) is 0. The molecule has 1 aromatic carbocycles. The Hall–Kier alpha value is -0.540. The highest BCUT2D eigenvalue weighted by Crippen LogP contribution is 2.35. The van der Waals surface area contributed by atoms with Crippen LogP contribution in [0.1, 0.15) is 29.2 Å². The largest absolute Gasteiger partial charge is 0.491 e. The first kappa shape index (κ1) is 14.5. The highest BCUT2D eigenvalue weighted by molar-refractivity contribution is 9.10. The minimum Gasteiger partial charge on any atom is -0.491 e. The van der Waals surface area contributed by atoms with Gasteiger partial charge in [0.25, 0.3) is 0 Å². The summed E-state index contributed by atoms with van der Waals surface area (Å²) in [5.74, 6) is 1.00. The molecule has 96 valence electrons. The molecule has 2 nitrogen and oxygen atoms in total. The van der Waals surface area contributed by atoms with Crippen molar-refractivity contribution < 1.29 is 9.47 Å². The molecule has 3 heteroatoms. The molecule has 0 amide bonds. The van der Waals surface area contributed by atoms with E-state index >= 15 is 0 Å². The molecule has 0 aliphatic carbocycles. The van der Waals surface area contributed by atoms with E-state index in [2.05, 4.69) is 43.6 Å². The van der Waals surface area contributed by atoms with Crippen LogP contribution in [0.25, 0.3) is 0 Å². The number of benzene rings is 1. The van der Waals surface area contributed by atoms with E-state index in [0.29, 0.717) is 13.2 Å². The van der Waals surface area contributed by atoms with E-state index in [1.54, 1.807) is 0 Å². The summed E-state index contributed by atoms with van der Waals surface area (Å²) >= 11 is 3.63. The lowest BCUT2D eigenvalue weighted by molar-refractivity contribution is 0.109. The summed E-state index contributed by atoms with van der Waals surface area (Å²) in [6.07, 6.45) is 0. The Bertz CT molecular complexity index is 371. The molecule has 0 unspecified atom stereocenters. The topological polar surface area (TPSA) is 18.5 Å². The molecule has 17 heavy (non-hydrogen) atoms. The zero-order chi connectivity index (χ0) is 13.0. The summed E-state index contributed by atoms with van der Waals surface area (Å²) in [6.45, 7) is 12.4. The average Bonchev–Trinajstić information content (AvgIpc) is 2.33. The fourth-order valence-electron chi connectivity index (χ4n) is 1.80. The van der Waals surface area contributed by atoms with Gasteiger partial charge in [0.05, 0.1) is 6.61 Å². The minimum atomic E-state index is 0.607. The van der Waals surface area contributed by atoms with Crippen LogP contribution in [0.5, 0.6) is 5.75 Å². The summed E-state index contributed by atoms with van der Waals surface area (Å²) in [5.41, 5.74) is 4.91. The molecular weight excluding hydrogens is 280 g/mol. The minimum absolute atomic E-state index is 0.607. The highest BCUT2D eigenvalue weighted by Gasteiger charge is 2.13. The van der Waals surface area contributed by atoms with E-state index in [0.717, 1.165) is 12.4 Å². The van der Waals surface area contributed by atoms with Crippen molar-refractivity contribution in [1.82, 2.24) is 0 Å². The summed E-state index contributed by atoms with van der Waals surface area (Å²) in [5, 5.41) is 0. The molecule has 0 aliphatic heterocycles. The third kappa shape index (κ3) is 3.23. The van der Waals surface area contributed by atoms with Gasteiger partial charge in [-0.1, -0.05) is 15.9 Å². The molecule has 1 aromatic rings. The second kappa shape index (κ2) is 6.41. The molecule has 0 saturated carbocycles. The maximum absolute atomic E-state index is 5.84. The number of halogens is 1.